The molecule has 0 aliphatic heterocycles. The number of carbonyl (C=O) groups is 1. The summed E-state index contributed by atoms with van der Waals surface area (Å²) in [5, 5.41) is -0.373. The average Bonchev–Trinajstić information content (AvgIpc) is 2.55. The highest BCUT2D eigenvalue weighted by molar-refractivity contribution is 6.66. The minimum Gasteiger partial charge on any atom is -0.395 e. The summed E-state index contributed by atoms with van der Waals surface area (Å²) in [4.78, 5) is 11.8. The quantitative estimate of drug-likeness (QED) is 0.211. The van der Waals surface area contributed by atoms with Gasteiger partial charge in [-0.2, -0.15) is 5.12 Å². The van der Waals surface area contributed by atoms with E-state index in [1.165, 1.54) is 0 Å². The van der Waals surface area contributed by atoms with Gasteiger partial charge >= 0.3 is 8.56 Å². The van der Waals surface area contributed by atoms with E-state index < -0.39 is 49.8 Å². The first-order valence-corrected chi connectivity index (χ1v) is 10.3. The van der Waals surface area contributed by atoms with Crippen LogP contribution in [0.3, 0.4) is 0 Å². The van der Waals surface area contributed by atoms with Crippen molar-refractivity contribution in [2.24, 2.45) is 0 Å². The molecule has 0 N–H and O–H groups in total. The first kappa shape index (κ1) is 21.5. The molecule has 0 heterocycles. The number of carbonyl (C=O) groups excluding carboxylic acids is 1. The van der Waals surface area contributed by atoms with Crippen molar-refractivity contribution < 1.29 is 35.7 Å². The summed E-state index contributed by atoms with van der Waals surface area (Å²) in [5.41, 5.74) is -1.21. The molecule has 10 heteroatoms. The van der Waals surface area contributed by atoms with Crippen molar-refractivity contribution in [1.29, 1.82) is 0 Å². The lowest BCUT2D eigenvalue weighted by Crippen LogP contribution is -2.39. The van der Waals surface area contributed by atoms with Crippen LogP contribution in [0.2, 0.25) is 12.6 Å². The molecule has 0 unspecified atom stereocenters. The zero-order chi connectivity index (χ0) is 19.2. The Morgan fingerprint density at radius 3 is 2.16 bits per heavy atom. The molecule has 1 rings (SSSR count). The summed E-state index contributed by atoms with van der Waals surface area (Å²) < 4.78 is 77.7. The molecule has 0 saturated carbocycles. The lowest BCUT2D eigenvalue weighted by molar-refractivity contribution is 0.0186. The van der Waals surface area contributed by atoms with E-state index >= 15 is 0 Å². The van der Waals surface area contributed by atoms with Gasteiger partial charge in [0.25, 0.3) is 5.91 Å². The molecule has 0 saturated heterocycles. The molecular weight excluding hydrogens is 365 g/mol. The van der Waals surface area contributed by atoms with Gasteiger partial charge in [0.05, 0.1) is 12.1 Å². The molecular formula is C15H20F5NO3Si. The Morgan fingerprint density at radius 2 is 1.64 bits per heavy atom. The number of benzene rings is 1. The van der Waals surface area contributed by atoms with Crippen molar-refractivity contribution in [3.05, 3.63) is 34.9 Å². The summed E-state index contributed by atoms with van der Waals surface area (Å²) in [6, 6.07) is 0.485. The second kappa shape index (κ2) is 9.25. The first-order chi connectivity index (χ1) is 11.7. The Labute approximate surface area is 143 Å². The summed E-state index contributed by atoms with van der Waals surface area (Å²) in [6.07, 6.45) is 0.138. The van der Waals surface area contributed by atoms with Crippen LogP contribution in [-0.4, -0.2) is 39.3 Å². The molecule has 1 aromatic carbocycles. The number of hydrogen-bond donors (Lipinski definition) is 0. The van der Waals surface area contributed by atoms with Crippen LogP contribution in [0.15, 0.2) is 6.07 Å². The fraction of sp³-hybridized carbons (Fsp3) is 0.533. The molecule has 142 valence electrons. The Morgan fingerprint density at radius 1 is 1.08 bits per heavy atom. The summed E-state index contributed by atoms with van der Waals surface area (Å²) in [7, 11) is -2.51. The van der Waals surface area contributed by atoms with Crippen molar-refractivity contribution >= 4 is 14.5 Å². The molecule has 0 radical (unpaired) electrons. The van der Waals surface area contributed by atoms with Gasteiger partial charge in [-0.1, -0.05) is 4.48 Å². The van der Waals surface area contributed by atoms with E-state index in [0.717, 1.165) is 0 Å². The van der Waals surface area contributed by atoms with Crippen LogP contribution in [0.25, 0.3) is 0 Å². The van der Waals surface area contributed by atoms with Crippen LogP contribution in [0.5, 0.6) is 0 Å². The van der Waals surface area contributed by atoms with Gasteiger partial charge in [-0.25, -0.2) is 17.6 Å². The van der Waals surface area contributed by atoms with Crippen LogP contribution in [0, 0.1) is 23.3 Å². The predicted octanol–water partition coefficient (Wildman–Crippen LogP) is 4.10. The average molecular weight is 385 g/mol. The number of nitrogens with zero attached hydrogens (tertiary/aromatic N) is 1. The molecule has 0 aromatic heterocycles. The fourth-order valence-corrected chi connectivity index (χ4v) is 4.69. The van der Waals surface area contributed by atoms with E-state index in [9.17, 15) is 26.8 Å². The molecule has 0 aliphatic carbocycles. The number of hydrogen-bond acceptors (Lipinski definition) is 3. The third-order valence-corrected chi connectivity index (χ3v) is 6.50. The van der Waals surface area contributed by atoms with E-state index in [-0.39, 0.29) is 17.6 Å². The second-order valence-corrected chi connectivity index (χ2v) is 8.69. The second-order valence-electron chi connectivity index (χ2n) is 5.34. The first-order valence-electron chi connectivity index (χ1n) is 7.75. The molecule has 1 aromatic rings. The van der Waals surface area contributed by atoms with Crippen molar-refractivity contribution in [1.82, 2.24) is 5.12 Å². The minimum absolute atomic E-state index is 0.127. The van der Waals surface area contributed by atoms with Crippen molar-refractivity contribution in [2.75, 3.05) is 19.8 Å². The number of amides is 1. The van der Waals surface area contributed by atoms with Crippen LogP contribution >= 0.6 is 0 Å². The lowest BCUT2D eigenvalue weighted by Gasteiger charge is -2.26. The molecule has 25 heavy (non-hydrogen) atoms. The van der Waals surface area contributed by atoms with Gasteiger partial charge in [-0.3, -0.25) is 4.79 Å². The maximum Gasteiger partial charge on any atom is 0.334 e. The zero-order valence-electron chi connectivity index (χ0n) is 14.2. The van der Waals surface area contributed by atoms with E-state index in [4.69, 9.17) is 8.85 Å². The maximum atomic E-state index is 13.9. The topological polar surface area (TPSA) is 38.8 Å². The lowest BCUT2D eigenvalue weighted by atomic mass is 10.1. The fourth-order valence-electron chi connectivity index (χ4n) is 2.30. The number of rotatable bonds is 9. The molecule has 1 amide bonds. The molecule has 0 bridgehead atoms. The van der Waals surface area contributed by atoms with Crippen LogP contribution in [-0.2, 0) is 8.85 Å². The summed E-state index contributed by atoms with van der Waals surface area (Å²) in [5.74, 6) is -9.52. The smallest absolute Gasteiger partial charge is 0.334 e. The largest absolute Gasteiger partial charge is 0.395 e. The van der Waals surface area contributed by atoms with Gasteiger partial charge in [0.15, 0.2) is 23.3 Å². The van der Waals surface area contributed by atoms with Gasteiger partial charge in [0.1, 0.15) is 0 Å². The SMILES string of the molecule is CCO[Si](C)(CCCN(F)C(=O)c1cc(F)c(F)c(F)c1F)OCC. The highest BCUT2D eigenvalue weighted by Crippen LogP contribution is 2.21. The summed E-state index contributed by atoms with van der Waals surface area (Å²) in [6.45, 7) is 5.74. The Kier molecular flexibility index (Phi) is 7.96. The van der Waals surface area contributed by atoms with Gasteiger partial charge in [0, 0.05) is 13.2 Å². The van der Waals surface area contributed by atoms with Crippen molar-refractivity contribution in [3.8, 4) is 0 Å². The number of halogens is 5. The molecule has 0 spiro atoms. The third-order valence-electron chi connectivity index (χ3n) is 3.44. The molecule has 0 atom stereocenters. The van der Waals surface area contributed by atoms with Crippen LogP contribution < -0.4 is 0 Å². The molecule has 0 fully saturated rings. The zero-order valence-corrected chi connectivity index (χ0v) is 15.2. The molecule has 0 aliphatic rings. The Balaban J connectivity index is 2.75. The van der Waals surface area contributed by atoms with E-state index in [0.29, 0.717) is 19.3 Å². The van der Waals surface area contributed by atoms with Gasteiger partial charge < -0.3 is 8.85 Å². The highest BCUT2D eigenvalue weighted by atomic mass is 28.4. The van der Waals surface area contributed by atoms with Gasteiger partial charge in [0.2, 0.25) is 0 Å². The van der Waals surface area contributed by atoms with Gasteiger partial charge in [-0.05, 0) is 38.9 Å². The maximum absolute atomic E-state index is 13.9. The van der Waals surface area contributed by atoms with Gasteiger partial charge in [-0.15, -0.1) is 0 Å². The molecule has 4 nitrogen and oxygen atoms in total. The monoisotopic (exact) mass is 385 g/mol. The van der Waals surface area contributed by atoms with E-state index in [1.54, 1.807) is 20.4 Å². The Hall–Kier alpha value is -1.52. The minimum atomic E-state index is -2.51. The van der Waals surface area contributed by atoms with Crippen LogP contribution in [0.1, 0.15) is 30.6 Å². The van der Waals surface area contributed by atoms with Crippen molar-refractivity contribution in [3.63, 3.8) is 0 Å². The Bertz CT molecular complexity index is 611. The van der Waals surface area contributed by atoms with Crippen molar-refractivity contribution in [2.45, 2.75) is 32.9 Å². The van der Waals surface area contributed by atoms with Crippen LogP contribution in [0.4, 0.5) is 22.0 Å². The summed E-state index contributed by atoms with van der Waals surface area (Å²) >= 11 is 0. The normalized spacial score (nSPS) is 11.7. The standard InChI is InChI=1S/C15H20F5NO3Si/c1-4-23-25(3,24-5-2)8-6-7-21(20)15(22)10-9-11(16)13(18)14(19)12(10)17/h9H,4-8H2,1-3H3. The predicted molar refractivity (Wildman–Crippen MR) is 82.7 cm³/mol. The third kappa shape index (κ3) is 5.48. The highest BCUT2D eigenvalue weighted by Gasteiger charge is 2.31. The van der Waals surface area contributed by atoms with E-state index in [1.807, 2.05) is 0 Å². The van der Waals surface area contributed by atoms with E-state index in [2.05, 4.69) is 0 Å².